The summed E-state index contributed by atoms with van der Waals surface area (Å²) in [5.41, 5.74) is 0.864. The number of methoxy groups -OCH3 is 1. The molecular weight excluding hydrogens is 472 g/mol. The van der Waals surface area contributed by atoms with Crippen molar-refractivity contribution in [3.05, 3.63) is 84.2 Å². The number of aromatic hydroxyl groups is 1. The lowest BCUT2D eigenvalue weighted by molar-refractivity contribution is -0.154. The summed E-state index contributed by atoms with van der Waals surface area (Å²) in [5, 5.41) is 12.7. The van der Waals surface area contributed by atoms with Gasteiger partial charge in [-0.1, -0.05) is 55.5 Å². The Morgan fingerprint density at radius 1 is 1.00 bits per heavy atom. The molecule has 0 aliphatic heterocycles. The fraction of sp³-hybridized carbons (Fsp3) is 0.345. The Kier molecular flexibility index (Phi) is 9.89. The smallest absolute Gasteiger partial charge is 0.328 e. The molecule has 0 saturated carbocycles. The molecule has 0 spiro atoms. The highest BCUT2D eigenvalue weighted by Gasteiger charge is 2.32. The van der Waals surface area contributed by atoms with Crippen LogP contribution in [0.1, 0.15) is 43.2 Å². The van der Waals surface area contributed by atoms with E-state index in [1.54, 1.807) is 0 Å². The van der Waals surface area contributed by atoms with Gasteiger partial charge in [-0.15, -0.1) is 0 Å². The van der Waals surface area contributed by atoms with Crippen molar-refractivity contribution in [3.63, 3.8) is 0 Å². The number of hydrogen-bond acceptors (Lipinski definition) is 7. The number of rotatable bonds is 12. The highest BCUT2D eigenvalue weighted by molar-refractivity contribution is 5.97. The van der Waals surface area contributed by atoms with Crippen LogP contribution in [0.15, 0.2) is 72.9 Å². The van der Waals surface area contributed by atoms with Crippen LogP contribution in [0.3, 0.4) is 0 Å². The molecule has 2 N–H and O–H groups in total. The maximum atomic E-state index is 13.0. The highest BCUT2D eigenvalue weighted by Crippen LogP contribution is 2.28. The first-order valence-electron chi connectivity index (χ1n) is 12.3. The predicted molar refractivity (Wildman–Crippen MR) is 140 cm³/mol. The Bertz CT molecular complexity index is 1160. The van der Waals surface area contributed by atoms with Gasteiger partial charge in [0.05, 0.1) is 7.11 Å². The molecule has 37 heavy (non-hydrogen) atoms. The molecule has 1 heterocycles. The van der Waals surface area contributed by atoms with Crippen molar-refractivity contribution < 1.29 is 28.9 Å². The van der Waals surface area contributed by atoms with Crippen LogP contribution in [0.25, 0.3) is 0 Å². The number of aromatic nitrogens is 1. The average Bonchev–Trinajstić information content (AvgIpc) is 2.91. The molecule has 0 saturated heterocycles. The van der Waals surface area contributed by atoms with Crippen LogP contribution in [-0.2, 0) is 16.0 Å². The normalized spacial score (nSPS) is 14.1. The number of ether oxygens (including phenoxy) is 3. The second-order valence-corrected chi connectivity index (χ2v) is 8.78. The van der Waals surface area contributed by atoms with Gasteiger partial charge in [-0.3, -0.25) is 4.79 Å². The first-order chi connectivity index (χ1) is 17.8. The van der Waals surface area contributed by atoms with Crippen molar-refractivity contribution in [2.45, 2.75) is 51.9 Å². The minimum atomic E-state index is -0.977. The minimum absolute atomic E-state index is 0.108. The van der Waals surface area contributed by atoms with Crippen LogP contribution in [0.4, 0.5) is 0 Å². The zero-order chi connectivity index (χ0) is 26.8. The van der Waals surface area contributed by atoms with E-state index in [0.717, 1.165) is 11.3 Å². The number of amides is 1. The van der Waals surface area contributed by atoms with E-state index in [-0.39, 0.29) is 23.5 Å². The molecule has 0 bridgehead atoms. The Hall–Kier alpha value is -4.07. The number of para-hydroxylation sites is 1. The molecule has 0 aliphatic rings. The first-order valence-corrected chi connectivity index (χ1v) is 12.3. The van der Waals surface area contributed by atoms with Crippen LogP contribution < -0.4 is 14.8 Å². The number of pyridine rings is 1. The summed E-state index contributed by atoms with van der Waals surface area (Å²) < 4.78 is 17.2. The molecule has 196 valence electrons. The van der Waals surface area contributed by atoms with Gasteiger partial charge in [0.2, 0.25) is 0 Å². The van der Waals surface area contributed by atoms with Crippen molar-refractivity contribution in [1.29, 1.82) is 0 Å². The largest absolute Gasteiger partial charge is 0.503 e. The lowest BCUT2D eigenvalue weighted by Crippen LogP contribution is -2.44. The van der Waals surface area contributed by atoms with Crippen LogP contribution in [0, 0.1) is 5.92 Å². The molecule has 1 amide bonds. The third-order valence-electron chi connectivity index (χ3n) is 6.15. The second kappa shape index (κ2) is 13.3. The lowest BCUT2D eigenvalue weighted by Gasteiger charge is -2.32. The molecule has 4 atom stereocenters. The molecule has 2 aromatic carbocycles. The topological polar surface area (TPSA) is 107 Å². The molecule has 8 heteroatoms. The SMILES string of the molecule is CC[C@H](Oc1ccccc1)[C@@H](Cc1ccccc1)[C@H](C)OC(=O)[C@H](C)NC(=O)c1nccc(OC)c1O. The van der Waals surface area contributed by atoms with Crippen LogP contribution in [-0.4, -0.2) is 47.3 Å². The molecule has 0 aliphatic carbocycles. The van der Waals surface area contributed by atoms with Gasteiger partial charge < -0.3 is 24.6 Å². The van der Waals surface area contributed by atoms with Crippen LogP contribution in [0.5, 0.6) is 17.2 Å². The monoisotopic (exact) mass is 506 g/mol. The van der Waals surface area contributed by atoms with Crippen molar-refractivity contribution in [2.24, 2.45) is 5.92 Å². The average molecular weight is 507 g/mol. The number of nitrogens with one attached hydrogen (secondary N) is 1. The van der Waals surface area contributed by atoms with E-state index in [4.69, 9.17) is 14.2 Å². The summed E-state index contributed by atoms with van der Waals surface area (Å²) >= 11 is 0. The van der Waals surface area contributed by atoms with E-state index < -0.39 is 29.8 Å². The number of nitrogens with zero attached hydrogens (tertiary/aromatic N) is 1. The Labute approximate surface area is 217 Å². The summed E-state index contributed by atoms with van der Waals surface area (Å²) in [4.78, 5) is 29.5. The number of carbonyl (C=O) groups is 2. The molecule has 8 nitrogen and oxygen atoms in total. The third kappa shape index (κ3) is 7.46. The van der Waals surface area contributed by atoms with Crippen molar-refractivity contribution in [1.82, 2.24) is 10.3 Å². The Morgan fingerprint density at radius 2 is 1.65 bits per heavy atom. The highest BCUT2D eigenvalue weighted by atomic mass is 16.5. The van der Waals surface area contributed by atoms with Gasteiger partial charge in [-0.2, -0.15) is 0 Å². The Balaban J connectivity index is 1.72. The number of carbonyl (C=O) groups excluding carboxylic acids is 2. The first kappa shape index (κ1) is 27.5. The van der Waals surface area contributed by atoms with Gasteiger partial charge >= 0.3 is 5.97 Å². The lowest BCUT2D eigenvalue weighted by atomic mass is 9.88. The van der Waals surface area contributed by atoms with E-state index in [0.29, 0.717) is 12.8 Å². The molecular formula is C29H34N2O6. The van der Waals surface area contributed by atoms with E-state index in [9.17, 15) is 14.7 Å². The molecule has 0 radical (unpaired) electrons. The molecule has 0 unspecified atom stereocenters. The number of esters is 1. The maximum absolute atomic E-state index is 13.0. The number of hydrogen-bond donors (Lipinski definition) is 2. The fourth-order valence-corrected chi connectivity index (χ4v) is 4.10. The molecule has 0 fully saturated rings. The summed E-state index contributed by atoms with van der Waals surface area (Å²) in [6.45, 7) is 5.40. The van der Waals surface area contributed by atoms with E-state index in [1.807, 2.05) is 74.5 Å². The van der Waals surface area contributed by atoms with Crippen LogP contribution in [0.2, 0.25) is 0 Å². The molecule has 3 rings (SSSR count). The summed E-state index contributed by atoms with van der Waals surface area (Å²) in [6, 6.07) is 20.0. The van der Waals surface area contributed by atoms with Crippen molar-refractivity contribution in [2.75, 3.05) is 7.11 Å². The van der Waals surface area contributed by atoms with E-state index in [1.165, 1.54) is 26.3 Å². The quantitative estimate of drug-likeness (QED) is 0.347. The predicted octanol–water partition coefficient (Wildman–Crippen LogP) is 4.56. The second-order valence-electron chi connectivity index (χ2n) is 8.78. The van der Waals surface area contributed by atoms with E-state index in [2.05, 4.69) is 10.3 Å². The van der Waals surface area contributed by atoms with E-state index >= 15 is 0 Å². The molecule has 3 aromatic rings. The summed E-state index contributed by atoms with van der Waals surface area (Å²) in [5.74, 6) is -1.01. The van der Waals surface area contributed by atoms with Crippen molar-refractivity contribution >= 4 is 11.9 Å². The van der Waals surface area contributed by atoms with Crippen LogP contribution >= 0.6 is 0 Å². The Morgan fingerprint density at radius 3 is 2.27 bits per heavy atom. The summed E-state index contributed by atoms with van der Waals surface area (Å²) in [6.07, 6.45) is 1.96. The fourth-order valence-electron chi connectivity index (χ4n) is 4.10. The van der Waals surface area contributed by atoms with Gasteiger partial charge in [0.1, 0.15) is 24.0 Å². The zero-order valence-corrected chi connectivity index (χ0v) is 21.6. The molecule has 1 aromatic heterocycles. The van der Waals surface area contributed by atoms with Gasteiger partial charge in [-0.25, -0.2) is 9.78 Å². The minimum Gasteiger partial charge on any atom is -0.503 e. The van der Waals surface area contributed by atoms with Gasteiger partial charge in [0, 0.05) is 18.2 Å². The zero-order valence-electron chi connectivity index (χ0n) is 21.6. The maximum Gasteiger partial charge on any atom is 0.328 e. The van der Waals surface area contributed by atoms with Gasteiger partial charge in [-0.05, 0) is 44.4 Å². The standard InChI is InChI=1S/C29H34N2O6/c1-5-24(37-22-14-10-7-11-15-22)23(18-21-12-8-6-9-13-21)20(3)36-29(34)19(2)31-28(33)26-27(32)25(35-4)16-17-30-26/h6-17,19-20,23-24,32H,5,18H2,1-4H3,(H,31,33)/t19-,20-,23-,24-/m0/s1. The van der Waals surface area contributed by atoms with Crippen molar-refractivity contribution in [3.8, 4) is 17.2 Å². The third-order valence-corrected chi connectivity index (χ3v) is 6.15. The number of benzene rings is 2. The summed E-state index contributed by atoms with van der Waals surface area (Å²) in [7, 11) is 1.37. The van der Waals surface area contributed by atoms with Gasteiger partial charge in [0.25, 0.3) is 5.91 Å². The van der Waals surface area contributed by atoms with Gasteiger partial charge in [0.15, 0.2) is 17.2 Å².